The molecular formula is C20H17N3O5. The van der Waals surface area contributed by atoms with E-state index in [1.165, 1.54) is 25.5 Å². The van der Waals surface area contributed by atoms with Crippen molar-refractivity contribution >= 4 is 28.6 Å². The largest absolute Gasteiger partial charge is 0.490 e. The average molecular weight is 379 g/mol. The second-order valence-electron chi connectivity index (χ2n) is 5.78. The van der Waals surface area contributed by atoms with Gasteiger partial charge < -0.3 is 9.47 Å². The first-order valence-electron chi connectivity index (χ1n) is 8.33. The molecule has 8 nitrogen and oxygen atoms in total. The van der Waals surface area contributed by atoms with Crippen molar-refractivity contribution in [2.24, 2.45) is 5.10 Å². The Morgan fingerprint density at radius 1 is 1.14 bits per heavy atom. The smallest absolute Gasteiger partial charge is 0.311 e. The van der Waals surface area contributed by atoms with E-state index in [4.69, 9.17) is 9.47 Å². The molecule has 8 heteroatoms. The van der Waals surface area contributed by atoms with Gasteiger partial charge in [0.15, 0.2) is 12.4 Å². The molecule has 0 saturated heterocycles. The number of amides is 1. The summed E-state index contributed by atoms with van der Waals surface area (Å²) >= 11 is 0. The maximum absolute atomic E-state index is 11.9. The number of hydrogen-bond donors (Lipinski definition) is 1. The SMILES string of the molecule is COc1ccc(/C=N\NC(=O)COc2ccc3ccccc3c2)cc1[N+](=O)[O-]. The second kappa shape index (κ2) is 8.63. The van der Waals surface area contributed by atoms with Crippen molar-refractivity contribution < 1.29 is 19.2 Å². The van der Waals surface area contributed by atoms with E-state index in [0.717, 1.165) is 10.8 Å². The average Bonchev–Trinajstić information content (AvgIpc) is 2.72. The van der Waals surface area contributed by atoms with Crippen molar-refractivity contribution in [3.63, 3.8) is 0 Å². The topological polar surface area (TPSA) is 103 Å². The lowest BCUT2D eigenvalue weighted by Crippen LogP contribution is -2.24. The van der Waals surface area contributed by atoms with Gasteiger partial charge in [0, 0.05) is 11.6 Å². The van der Waals surface area contributed by atoms with Crippen molar-refractivity contribution in [1.82, 2.24) is 5.43 Å². The molecule has 28 heavy (non-hydrogen) atoms. The van der Waals surface area contributed by atoms with E-state index in [2.05, 4.69) is 10.5 Å². The van der Waals surface area contributed by atoms with E-state index in [1.807, 2.05) is 36.4 Å². The molecule has 0 bridgehead atoms. The monoisotopic (exact) mass is 379 g/mol. The zero-order chi connectivity index (χ0) is 19.9. The summed E-state index contributed by atoms with van der Waals surface area (Å²) in [6.07, 6.45) is 1.31. The molecule has 0 saturated carbocycles. The first-order valence-corrected chi connectivity index (χ1v) is 8.33. The van der Waals surface area contributed by atoms with Crippen LogP contribution in [-0.4, -0.2) is 30.8 Å². The highest BCUT2D eigenvalue weighted by Gasteiger charge is 2.14. The molecule has 3 aromatic rings. The van der Waals surface area contributed by atoms with Crippen LogP contribution in [0.4, 0.5) is 5.69 Å². The standard InChI is InChI=1S/C20H17N3O5/c1-27-19-9-6-14(10-18(19)23(25)26)12-21-22-20(24)13-28-17-8-7-15-4-2-3-5-16(15)11-17/h2-12H,13H2,1H3,(H,22,24)/b21-12-. The van der Waals surface area contributed by atoms with Crippen molar-refractivity contribution in [1.29, 1.82) is 0 Å². The number of nitrogens with zero attached hydrogens (tertiary/aromatic N) is 2. The van der Waals surface area contributed by atoms with Gasteiger partial charge in [-0.1, -0.05) is 30.3 Å². The number of benzene rings is 3. The zero-order valence-corrected chi connectivity index (χ0v) is 15.0. The Labute approximate surface area is 160 Å². The molecule has 3 rings (SSSR count). The van der Waals surface area contributed by atoms with Crippen LogP contribution in [0.25, 0.3) is 10.8 Å². The van der Waals surface area contributed by atoms with Crippen LogP contribution in [0.3, 0.4) is 0 Å². The van der Waals surface area contributed by atoms with E-state index >= 15 is 0 Å². The summed E-state index contributed by atoms with van der Waals surface area (Å²) in [5.41, 5.74) is 2.58. The molecule has 0 heterocycles. The predicted molar refractivity (Wildman–Crippen MR) is 105 cm³/mol. The molecule has 0 aromatic heterocycles. The van der Waals surface area contributed by atoms with E-state index in [9.17, 15) is 14.9 Å². The lowest BCUT2D eigenvalue weighted by Gasteiger charge is -2.06. The third-order valence-electron chi connectivity index (χ3n) is 3.89. The number of methoxy groups -OCH3 is 1. The molecule has 0 aliphatic heterocycles. The first kappa shape index (κ1) is 18.8. The van der Waals surface area contributed by atoms with Crippen LogP contribution in [-0.2, 0) is 4.79 Å². The quantitative estimate of drug-likeness (QED) is 0.385. The number of fused-ring (bicyclic) bond motifs is 1. The van der Waals surface area contributed by atoms with E-state index in [1.54, 1.807) is 12.1 Å². The lowest BCUT2D eigenvalue weighted by atomic mass is 10.1. The molecule has 0 atom stereocenters. The van der Waals surface area contributed by atoms with Gasteiger partial charge in [0.05, 0.1) is 18.2 Å². The van der Waals surface area contributed by atoms with Gasteiger partial charge in [0.2, 0.25) is 0 Å². The molecule has 0 aliphatic carbocycles. The van der Waals surface area contributed by atoms with Gasteiger partial charge in [-0.15, -0.1) is 0 Å². The summed E-state index contributed by atoms with van der Waals surface area (Å²) in [6.45, 7) is -0.210. The number of rotatable bonds is 7. The van der Waals surface area contributed by atoms with Gasteiger partial charge in [-0.2, -0.15) is 5.10 Å². The minimum atomic E-state index is -0.549. The molecule has 0 fully saturated rings. The number of carbonyl (C=O) groups is 1. The summed E-state index contributed by atoms with van der Waals surface area (Å²) in [5, 5.41) is 16.9. The van der Waals surface area contributed by atoms with E-state index < -0.39 is 10.8 Å². The Morgan fingerprint density at radius 3 is 2.68 bits per heavy atom. The van der Waals surface area contributed by atoms with Crippen molar-refractivity contribution in [2.45, 2.75) is 0 Å². The molecular weight excluding hydrogens is 362 g/mol. The maximum atomic E-state index is 11.9. The Morgan fingerprint density at radius 2 is 1.93 bits per heavy atom. The Bertz CT molecular complexity index is 1050. The zero-order valence-electron chi connectivity index (χ0n) is 15.0. The van der Waals surface area contributed by atoms with Gasteiger partial charge in [-0.25, -0.2) is 5.43 Å². The van der Waals surface area contributed by atoms with Crippen molar-refractivity contribution in [2.75, 3.05) is 13.7 Å². The van der Waals surface area contributed by atoms with Crippen LogP contribution >= 0.6 is 0 Å². The summed E-state index contributed by atoms with van der Waals surface area (Å²) in [4.78, 5) is 22.3. The molecule has 0 spiro atoms. The molecule has 0 radical (unpaired) electrons. The minimum absolute atomic E-state index is 0.148. The normalized spacial score (nSPS) is 10.8. The predicted octanol–water partition coefficient (Wildman–Crippen LogP) is 3.29. The van der Waals surface area contributed by atoms with Gasteiger partial charge in [0.25, 0.3) is 5.91 Å². The highest BCUT2D eigenvalue weighted by atomic mass is 16.6. The number of nitro groups is 1. The van der Waals surface area contributed by atoms with Crippen LogP contribution in [0.1, 0.15) is 5.56 Å². The van der Waals surface area contributed by atoms with Crippen LogP contribution < -0.4 is 14.9 Å². The summed E-state index contributed by atoms with van der Waals surface area (Å²) in [5.74, 6) is 0.269. The van der Waals surface area contributed by atoms with Crippen LogP contribution in [0, 0.1) is 10.1 Å². The number of ether oxygens (including phenoxy) is 2. The molecule has 0 unspecified atom stereocenters. The second-order valence-corrected chi connectivity index (χ2v) is 5.78. The van der Waals surface area contributed by atoms with Gasteiger partial charge in [-0.05, 0) is 35.0 Å². The molecule has 1 amide bonds. The van der Waals surface area contributed by atoms with Crippen LogP contribution in [0.2, 0.25) is 0 Å². The first-order chi connectivity index (χ1) is 13.6. The minimum Gasteiger partial charge on any atom is -0.490 e. The molecule has 0 aliphatic rings. The van der Waals surface area contributed by atoms with Gasteiger partial charge in [-0.3, -0.25) is 14.9 Å². The van der Waals surface area contributed by atoms with Crippen molar-refractivity contribution in [3.8, 4) is 11.5 Å². The fourth-order valence-electron chi connectivity index (χ4n) is 2.55. The van der Waals surface area contributed by atoms with Crippen LogP contribution in [0.15, 0.2) is 65.8 Å². The van der Waals surface area contributed by atoms with Gasteiger partial charge in [0.1, 0.15) is 5.75 Å². The van der Waals surface area contributed by atoms with Gasteiger partial charge >= 0.3 is 5.69 Å². The number of hydrazone groups is 1. The Hall–Kier alpha value is -3.94. The molecule has 1 N–H and O–H groups in total. The third kappa shape index (κ3) is 4.61. The maximum Gasteiger partial charge on any atom is 0.311 e. The lowest BCUT2D eigenvalue weighted by molar-refractivity contribution is -0.385. The van der Waals surface area contributed by atoms with E-state index in [-0.39, 0.29) is 18.0 Å². The number of nitro benzene ring substituents is 1. The molecule has 3 aromatic carbocycles. The Kier molecular flexibility index (Phi) is 5.81. The van der Waals surface area contributed by atoms with E-state index in [0.29, 0.717) is 11.3 Å². The number of carbonyl (C=O) groups excluding carboxylic acids is 1. The van der Waals surface area contributed by atoms with Crippen molar-refractivity contribution in [3.05, 3.63) is 76.3 Å². The summed E-state index contributed by atoms with van der Waals surface area (Å²) in [7, 11) is 1.35. The highest BCUT2D eigenvalue weighted by molar-refractivity contribution is 5.85. The third-order valence-corrected chi connectivity index (χ3v) is 3.89. The fraction of sp³-hybridized carbons (Fsp3) is 0.100. The number of hydrogen-bond acceptors (Lipinski definition) is 6. The summed E-state index contributed by atoms with van der Waals surface area (Å²) < 4.78 is 10.4. The number of nitrogens with one attached hydrogen (secondary N) is 1. The summed E-state index contributed by atoms with van der Waals surface area (Å²) in [6, 6.07) is 17.7. The van der Waals surface area contributed by atoms with Crippen LogP contribution in [0.5, 0.6) is 11.5 Å². The Balaban J connectivity index is 1.56. The highest BCUT2D eigenvalue weighted by Crippen LogP contribution is 2.26. The fourth-order valence-corrected chi connectivity index (χ4v) is 2.55. The molecule has 142 valence electrons.